The van der Waals surface area contributed by atoms with Gasteiger partial charge in [-0.1, -0.05) is 11.6 Å². The number of fused-ring (bicyclic) bond motifs is 1. The molecule has 80 valence electrons. The highest BCUT2D eigenvalue weighted by atomic mass is 35.5. The summed E-state index contributed by atoms with van der Waals surface area (Å²) >= 11 is 5.75. The SMILES string of the molecule is Cc1[nH]c2cc(F)c(Cl)cc2c1CCN. The van der Waals surface area contributed by atoms with Crippen molar-refractivity contribution in [1.29, 1.82) is 0 Å². The van der Waals surface area contributed by atoms with Crippen molar-refractivity contribution >= 4 is 22.5 Å². The fourth-order valence-corrected chi connectivity index (χ4v) is 2.01. The summed E-state index contributed by atoms with van der Waals surface area (Å²) in [5.74, 6) is -0.398. The predicted molar refractivity (Wildman–Crippen MR) is 60.8 cm³/mol. The third-order valence-electron chi connectivity index (χ3n) is 2.55. The van der Waals surface area contributed by atoms with Gasteiger partial charge in [0.25, 0.3) is 0 Å². The van der Waals surface area contributed by atoms with E-state index >= 15 is 0 Å². The van der Waals surface area contributed by atoms with Crippen LogP contribution in [0.25, 0.3) is 10.9 Å². The summed E-state index contributed by atoms with van der Waals surface area (Å²) in [4.78, 5) is 3.13. The van der Waals surface area contributed by atoms with Gasteiger partial charge in [0.15, 0.2) is 0 Å². The summed E-state index contributed by atoms with van der Waals surface area (Å²) < 4.78 is 13.2. The summed E-state index contributed by atoms with van der Waals surface area (Å²) in [6, 6.07) is 3.07. The van der Waals surface area contributed by atoms with E-state index in [-0.39, 0.29) is 5.02 Å². The average Bonchev–Trinajstić information content (AvgIpc) is 2.46. The van der Waals surface area contributed by atoms with E-state index in [0.717, 1.165) is 28.6 Å². The number of aromatic amines is 1. The number of halogens is 2. The quantitative estimate of drug-likeness (QED) is 0.813. The number of nitrogens with one attached hydrogen (secondary N) is 1. The molecular weight excluding hydrogens is 215 g/mol. The van der Waals surface area contributed by atoms with Crippen LogP contribution >= 0.6 is 11.6 Å². The first-order chi connectivity index (χ1) is 7.13. The summed E-state index contributed by atoms with van der Waals surface area (Å²) in [7, 11) is 0. The molecule has 15 heavy (non-hydrogen) atoms. The first kappa shape index (κ1) is 10.5. The van der Waals surface area contributed by atoms with Gasteiger partial charge in [0.1, 0.15) is 5.82 Å². The monoisotopic (exact) mass is 226 g/mol. The maximum absolute atomic E-state index is 13.2. The normalized spacial score (nSPS) is 11.2. The van der Waals surface area contributed by atoms with Gasteiger partial charge in [0.2, 0.25) is 0 Å². The topological polar surface area (TPSA) is 41.8 Å². The van der Waals surface area contributed by atoms with Gasteiger partial charge in [-0.2, -0.15) is 0 Å². The Hall–Kier alpha value is -1.06. The molecule has 4 heteroatoms. The van der Waals surface area contributed by atoms with Crippen molar-refractivity contribution < 1.29 is 4.39 Å². The molecule has 0 aliphatic carbocycles. The minimum absolute atomic E-state index is 0.153. The second-order valence-electron chi connectivity index (χ2n) is 3.58. The standard InChI is InChI=1S/C11H12ClFN2/c1-6-7(2-3-14)8-4-9(12)10(13)5-11(8)15-6/h4-5,15H,2-3,14H2,1H3. The van der Waals surface area contributed by atoms with Gasteiger partial charge in [0.05, 0.1) is 5.02 Å². The Morgan fingerprint density at radius 2 is 2.20 bits per heavy atom. The molecule has 0 aliphatic heterocycles. The van der Waals surface area contributed by atoms with Crippen molar-refractivity contribution in [3.8, 4) is 0 Å². The first-order valence-corrected chi connectivity index (χ1v) is 5.17. The number of benzene rings is 1. The van der Waals surface area contributed by atoms with Crippen LogP contribution < -0.4 is 5.73 Å². The Balaban J connectivity index is 2.70. The number of hydrogen-bond acceptors (Lipinski definition) is 1. The summed E-state index contributed by atoms with van der Waals surface area (Å²) in [6.07, 6.45) is 0.772. The largest absolute Gasteiger partial charge is 0.358 e. The van der Waals surface area contributed by atoms with E-state index in [2.05, 4.69) is 4.98 Å². The molecule has 3 N–H and O–H groups in total. The molecule has 0 aliphatic rings. The van der Waals surface area contributed by atoms with Crippen LogP contribution in [0, 0.1) is 12.7 Å². The van der Waals surface area contributed by atoms with E-state index in [0.29, 0.717) is 6.54 Å². The molecule has 0 unspecified atom stereocenters. The third kappa shape index (κ3) is 1.73. The van der Waals surface area contributed by atoms with Crippen LogP contribution in [0.5, 0.6) is 0 Å². The van der Waals surface area contributed by atoms with Crippen molar-refractivity contribution in [3.63, 3.8) is 0 Å². The first-order valence-electron chi connectivity index (χ1n) is 4.79. The summed E-state index contributed by atoms with van der Waals surface area (Å²) in [5, 5.41) is 1.11. The molecule has 0 atom stereocenters. The van der Waals surface area contributed by atoms with E-state index in [1.54, 1.807) is 6.07 Å². The van der Waals surface area contributed by atoms with Crippen LogP contribution in [0.15, 0.2) is 12.1 Å². The van der Waals surface area contributed by atoms with Crippen LogP contribution in [-0.2, 0) is 6.42 Å². The van der Waals surface area contributed by atoms with Crippen LogP contribution in [-0.4, -0.2) is 11.5 Å². The van der Waals surface area contributed by atoms with E-state index < -0.39 is 5.82 Å². The van der Waals surface area contributed by atoms with Gasteiger partial charge in [-0.05, 0) is 37.6 Å². The number of aromatic nitrogens is 1. The zero-order valence-electron chi connectivity index (χ0n) is 8.40. The second-order valence-corrected chi connectivity index (χ2v) is 3.99. The molecule has 2 nitrogen and oxygen atoms in total. The Morgan fingerprint density at radius 1 is 1.47 bits per heavy atom. The zero-order chi connectivity index (χ0) is 11.0. The summed E-state index contributed by atoms with van der Waals surface area (Å²) in [6.45, 7) is 2.53. The van der Waals surface area contributed by atoms with E-state index in [4.69, 9.17) is 17.3 Å². The smallest absolute Gasteiger partial charge is 0.143 e. The fraction of sp³-hybridized carbons (Fsp3) is 0.273. The van der Waals surface area contributed by atoms with Crippen LogP contribution in [0.2, 0.25) is 5.02 Å². The molecule has 2 aromatic rings. The van der Waals surface area contributed by atoms with Crippen molar-refractivity contribution in [1.82, 2.24) is 4.98 Å². The van der Waals surface area contributed by atoms with Crippen molar-refractivity contribution in [2.24, 2.45) is 5.73 Å². The molecule has 0 saturated carbocycles. The number of hydrogen-bond donors (Lipinski definition) is 2. The van der Waals surface area contributed by atoms with Gasteiger partial charge in [0, 0.05) is 16.6 Å². The summed E-state index contributed by atoms with van der Waals surface area (Å²) in [5.41, 5.74) is 8.45. The second kappa shape index (κ2) is 3.83. The van der Waals surface area contributed by atoms with E-state index in [9.17, 15) is 4.39 Å². The average molecular weight is 227 g/mol. The van der Waals surface area contributed by atoms with Crippen molar-refractivity contribution in [3.05, 3.63) is 34.2 Å². The zero-order valence-corrected chi connectivity index (χ0v) is 9.16. The number of rotatable bonds is 2. The minimum Gasteiger partial charge on any atom is -0.358 e. The van der Waals surface area contributed by atoms with E-state index in [1.807, 2.05) is 6.92 Å². The molecule has 2 rings (SSSR count). The third-order valence-corrected chi connectivity index (χ3v) is 2.84. The Morgan fingerprint density at radius 3 is 2.87 bits per heavy atom. The molecular formula is C11H12ClFN2. The molecule has 0 bridgehead atoms. The Kier molecular flexibility index (Phi) is 2.67. The highest BCUT2D eigenvalue weighted by Crippen LogP contribution is 2.27. The number of H-pyrrole nitrogens is 1. The molecule has 1 aromatic heterocycles. The van der Waals surface area contributed by atoms with Crippen LogP contribution in [0.4, 0.5) is 4.39 Å². The molecule has 0 amide bonds. The Bertz CT molecular complexity index is 505. The minimum atomic E-state index is -0.398. The molecule has 0 radical (unpaired) electrons. The van der Waals surface area contributed by atoms with Gasteiger partial charge in [-0.3, -0.25) is 0 Å². The fourth-order valence-electron chi connectivity index (χ4n) is 1.85. The lowest BCUT2D eigenvalue weighted by Crippen LogP contribution is -2.03. The van der Waals surface area contributed by atoms with Gasteiger partial charge in [-0.25, -0.2) is 4.39 Å². The predicted octanol–water partition coefficient (Wildman–Crippen LogP) is 2.77. The molecule has 0 fully saturated rings. The van der Waals surface area contributed by atoms with E-state index in [1.165, 1.54) is 6.07 Å². The van der Waals surface area contributed by atoms with Crippen LogP contribution in [0.3, 0.4) is 0 Å². The van der Waals surface area contributed by atoms with Crippen LogP contribution in [0.1, 0.15) is 11.3 Å². The number of nitrogens with two attached hydrogens (primary N) is 1. The van der Waals surface area contributed by atoms with Gasteiger partial charge in [-0.15, -0.1) is 0 Å². The Labute approximate surface area is 92.2 Å². The molecule has 0 saturated heterocycles. The number of aryl methyl sites for hydroxylation is 1. The lowest BCUT2D eigenvalue weighted by atomic mass is 10.1. The van der Waals surface area contributed by atoms with Gasteiger partial charge < -0.3 is 10.7 Å². The molecule has 1 aromatic carbocycles. The lowest BCUT2D eigenvalue weighted by molar-refractivity contribution is 0.630. The maximum atomic E-state index is 13.2. The maximum Gasteiger partial charge on any atom is 0.143 e. The molecule has 1 heterocycles. The van der Waals surface area contributed by atoms with Crippen molar-refractivity contribution in [2.75, 3.05) is 6.54 Å². The van der Waals surface area contributed by atoms with Gasteiger partial charge >= 0.3 is 0 Å². The lowest BCUT2D eigenvalue weighted by Gasteiger charge is -1.99. The molecule has 0 spiro atoms. The highest BCUT2D eigenvalue weighted by Gasteiger charge is 2.10. The van der Waals surface area contributed by atoms with Crippen molar-refractivity contribution in [2.45, 2.75) is 13.3 Å². The highest BCUT2D eigenvalue weighted by molar-refractivity contribution is 6.31.